The lowest BCUT2D eigenvalue weighted by molar-refractivity contribution is -0.135. The number of fused-ring (bicyclic) bond motifs is 1. The van der Waals surface area contributed by atoms with E-state index in [0.717, 1.165) is 20.7 Å². The van der Waals surface area contributed by atoms with Gasteiger partial charge in [0.1, 0.15) is 17.2 Å². The van der Waals surface area contributed by atoms with Crippen molar-refractivity contribution in [2.45, 2.75) is 0 Å². The number of aromatic nitrogens is 2. The second kappa shape index (κ2) is 5.90. The molecule has 2 aromatic heterocycles. The fraction of sp³-hybridized carbons (Fsp3) is 0.133. The van der Waals surface area contributed by atoms with Gasteiger partial charge in [0.2, 0.25) is 5.28 Å². The van der Waals surface area contributed by atoms with Crippen LogP contribution in [0.3, 0.4) is 0 Å². The lowest BCUT2D eigenvalue weighted by Gasteiger charge is -2.16. The van der Waals surface area contributed by atoms with Crippen molar-refractivity contribution in [1.82, 2.24) is 9.97 Å². The van der Waals surface area contributed by atoms with Gasteiger partial charge in [-0.2, -0.15) is 4.98 Å². The van der Waals surface area contributed by atoms with Gasteiger partial charge in [-0.25, -0.2) is 4.98 Å². The second-order valence-electron chi connectivity index (χ2n) is 4.76. The first-order chi connectivity index (χ1) is 10.5. The lowest BCUT2D eigenvalue weighted by atomic mass is 10.2. The van der Waals surface area contributed by atoms with E-state index in [1.165, 1.54) is 11.3 Å². The van der Waals surface area contributed by atoms with Crippen LogP contribution in [0.2, 0.25) is 5.28 Å². The van der Waals surface area contributed by atoms with Crippen molar-refractivity contribution in [2.75, 3.05) is 18.5 Å². The Kier molecular flexibility index (Phi) is 3.96. The monoisotopic (exact) mass is 333 g/mol. The van der Waals surface area contributed by atoms with E-state index in [9.17, 15) is 4.79 Å². The van der Waals surface area contributed by atoms with Gasteiger partial charge < -0.3 is 10.0 Å². The zero-order valence-corrected chi connectivity index (χ0v) is 13.2. The minimum atomic E-state index is -0.927. The number of carbonyl (C=O) groups is 1. The zero-order chi connectivity index (χ0) is 15.7. The normalized spacial score (nSPS) is 10.8. The number of carboxylic acids is 1. The molecular formula is C15H12ClN3O2S. The van der Waals surface area contributed by atoms with Crippen LogP contribution in [0.15, 0.2) is 36.4 Å². The Bertz CT molecular complexity index is 835. The summed E-state index contributed by atoms with van der Waals surface area (Å²) in [5.74, 6) is -0.403. The Labute approximate surface area is 135 Å². The minimum absolute atomic E-state index is 0.112. The molecule has 0 saturated carbocycles. The van der Waals surface area contributed by atoms with Gasteiger partial charge in [-0.05, 0) is 23.2 Å². The number of halogens is 1. The molecule has 1 N–H and O–H groups in total. The molecule has 0 fully saturated rings. The van der Waals surface area contributed by atoms with Gasteiger partial charge in [-0.1, -0.05) is 30.3 Å². The van der Waals surface area contributed by atoms with E-state index in [1.807, 2.05) is 36.4 Å². The SMILES string of the molecule is CN(CC(=O)O)c1nc(Cl)nc2sc(-c3ccccc3)cc12. The molecule has 0 unspecified atom stereocenters. The fourth-order valence-electron chi connectivity index (χ4n) is 2.19. The standard InChI is InChI=1S/C15H12ClN3O2S/c1-19(8-12(20)21)13-10-7-11(9-5-3-2-4-6-9)22-14(10)18-15(16)17-13/h2-7H,8H2,1H3,(H,20,21). The number of hydrogen-bond donors (Lipinski definition) is 1. The molecule has 22 heavy (non-hydrogen) atoms. The Hall–Kier alpha value is -2.18. The molecule has 5 nitrogen and oxygen atoms in total. The van der Waals surface area contributed by atoms with Gasteiger partial charge in [0.05, 0.1) is 5.39 Å². The van der Waals surface area contributed by atoms with Crippen molar-refractivity contribution in [3.05, 3.63) is 41.7 Å². The summed E-state index contributed by atoms with van der Waals surface area (Å²) in [7, 11) is 1.67. The van der Waals surface area contributed by atoms with E-state index >= 15 is 0 Å². The predicted molar refractivity (Wildman–Crippen MR) is 88.8 cm³/mol. The molecule has 0 aliphatic carbocycles. The number of rotatable bonds is 4. The predicted octanol–water partition coefficient (Wildman–Crippen LogP) is 3.53. The highest BCUT2D eigenvalue weighted by molar-refractivity contribution is 7.22. The van der Waals surface area contributed by atoms with E-state index in [2.05, 4.69) is 9.97 Å². The van der Waals surface area contributed by atoms with Gasteiger partial charge in [0.25, 0.3) is 0 Å². The molecule has 0 radical (unpaired) electrons. The molecule has 7 heteroatoms. The van der Waals surface area contributed by atoms with E-state index in [4.69, 9.17) is 16.7 Å². The quantitative estimate of drug-likeness (QED) is 0.740. The lowest BCUT2D eigenvalue weighted by Crippen LogP contribution is -2.26. The first-order valence-electron chi connectivity index (χ1n) is 6.50. The van der Waals surface area contributed by atoms with Gasteiger partial charge >= 0.3 is 5.97 Å². The Morgan fingerprint density at radius 2 is 2.05 bits per heavy atom. The highest BCUT2D eigenvalue weighted by Crippen LogP contribution is 2.36. The van der Waals surface area contributed by atoms with Gasteiger partial charge in [0, 0.05) is 11.9 Å². The summed E-state index contributed by atoms with van der Waals surface area (Å²) in [6, 6.07) is 11.9. The molecular weight excluding hydrogens is 322 g/mol. The topological polar surface area (TPSA) is 66.3 Å². The molecule has 3 rings (SSSR count). The van der Waals surface area contributed by atoms with E-state index in [-0.39, 0.29) is 11.8 Å². The number of benzene rings is 1. The summed E-state index contributed by atoms with van der Waals surface area (Å²) < 4.78 is 0. The maximum absolute atomic E-state index is 10.9. The van der Waals surface area contributed by atoms with Crippen molar-refractivity contribution in [3.8, 4) is 10.4 Å². The van der Waals surface area contributed by atoms with Crippen LogP contribution in [0, 0.1) is 0 Å². The smallest absolute Gasteiger partial charge is 0.323 e. The average Bonchev–Trinajstić information content (AvgIpc) is 2.90. The van der Waals surface area contributed by atoms with Crippen LogP contribution in [-0.4, -0.2) is 34.6 Å². The molecule has 0 bridgehead atoms. The number of carboxylic acid groups (broad SMARTS) is 1. The van der Waals surface area contributed by atoms with Crippen molar-refractivity contribution in [2.24, 2.45) is 0 Å². The highest BCUT2D eigenvalue weighted by atomic mass is 35.5. The van der Waals surface area contributed by atoms with Crippen LogP contribution in [0.25, 0.3) is 20.7 Å². The van der Waals surface area contributed by atoms with Crippen molar-refractivity contribution in [1.29, 1.82) is 0 Å². The number of thiophene rings is 1. The third kappa shape index (κ3) is 2.88. The van der Waals surface area contributed by atoms with Crippen LogP contribution in [0.4, 0.5) is 5.82 Å². The molecule has 2 heterocycles. The third-order valence-electron chi connectivity index (χ3n) is 3.14. The summed E-state index contributed by atoms with van der Waals surface area (Å²) in [5, 5.41) is 9.87. The van der Waals surface area contributed by atoms with Gasteiger partial charge in [-0.3, -0.25) is 4.79 Å². The molecule has 0 aliphatic rings. The van der Waals surface area contributed by atoms with Crippen LogP contribution < -0.4 is 4.90 Å². The van der Waals surface area contributed by atoms with Crippen molar-refractivity contribution < 1.29 is 9.90 Å². The van der Waals surface area contributed by atoms with Crippen LogP contribution >= 0.6 is 22.9 Å². The summed E-state index contributed by atoms with van der Waals surface area (Å²) in [5.41, 5.74) is 1.08. The maximum atomic E-state index is 10.9. The number of nitrogens with zero attached hydrogens (tertiary/aromatic N) is 3. The van der Waals surface area contributed by atoms with Crippen LogP contribution in [0.1, 0.15) is 0 Å². The van der Waals surface area contributed by atoms with E-state index in [1.54, 1.807) is 11.9 Å². The first-order valence-corrected chi connectivity index (χ1v) is 7.69. The molecule has 0 aliphatic heterocycles. The maximum Gasteiger partial charge on any atom is 0.323 e. The fourth-order valence-corrected chi connectivity index (χ4v) is 3.44. The summed E-state index contributed by atoms with van der Waals surface area (Å²) >= 11 is 7.48. The van der Waals surface area contributed by atoms with Crippen molar-refractivity contribution in [3.63, 3.8) is 0 Å². The highest BCUT2D eigenvalue weighted by Gasteiger charge is 2.16. The van der Waals surface area contributed by atoms with Crippen molar-refractivity contribution >= 4 is 44.9 Å². The summed E-state index contributed by atoms with van der Waals surface area (Å²) in [4.78, 5) is 22.7. The number of anilines is 1. The molecule has 0 atom stereocenters. The Balaban J connectivity index is 2.13. The molecule has 0 spiro atoms. The van der Waals surface area contributed by atoms with E-state index in [0.29, 0.717) is 5.82 Å². The number of aliphatic carboxylic acids is 1. The van der Waals surface area contributed by atoms with Gasteiger partial charge in [-0.15, -0.1) is 11.3 Å². The molecule has 3 aromatic rings. The van der Waals surface area contributed by atoms with Crippen LogP contribution in [0.5, 0.6) is 0 Å². The van der Waals surface area contributed by atoms with Crippen LogP contribution in [-0.2, 0) is 4.79 Å². The number of hydrogen-bond acceptors (Lipinski definition) is 5. The molecule has 0 amide bonds. The molecule has 112 valence electrons. The molecule has 1 aromatic carbocycles. The summed E-state index contributed by atoms with van der Waals surface area (Å²) in [6.45, 7) is -0.154. The number of likely N-dealkylation sites (N-methyl/N-ethyl adjacent to an activating group) is 1. The summed E-state index contributed by atoms with van der Waals surface area (Å²) in [6.07, 6.45) is 0. The average molecular weight is 334 g/mol. The Morgan fingerprint density at radius 1 is 1.32 bits per heavy atom. The molecule has 0 saturated heterocycles. The second-order valence-corrected chi connectivity index (χ2v) is 6.13. The zero-order valence-electron chi connectivity index (χ0n) is 11.7. The van der Waals surface area contributed by atoms with E-state index < -0.39 is 5.97 Å². The van der Waals surface area contributed by atoms with Gasteiger partial charge in [0.15, 0.2) is 0 Å². The largest absolute Gasteiger partial charge is 0.480 e. The third-order valence-corrected chi connectivity index (χ3v) is 4.38. The minimum Gasteiger partial charge on any atom is -0.480 e. The Morgan fingerprint density at radius 3 is 2.73 bits per heavy atom. The first kappa shape index (κ1) is 14.7.